The van der Waals surface area contributed by atoms with Crippen molar-refractivity contribution in [1.82, 2.24) is 19.9 Å². The topological polar surface area (TPSA) is 89.2 Å². The molecule has 1 aromatic heterocycles. The Morgan fingerprint density at radius 2 is 2.06 bits per heavy atom. The molecule has 0 atom stereocenters. The summed E-state index contributed by atoms with van der Waals surface area (Å²) in [7, 11) is 0. The van der Waals surface area contributed by atoms with Crippen LogP contribution in [0.1, 0.15) is 6.42 Å². The first-order valence-electron chi connectivity index (χ1n) is 5.95. The molecule has 1 fully saturated rings. The Labute approximate surface area is 111 Å². The normalized spacial score (nSPS) is 16.7. The van der Waals surface area contributed by atoms with Crippen LogP contribution in [0.25, 0.3) is 0 Å². The predicted molar refractivity (Wildman–Crippen MR) is 69.6 cm³/mol. The molecule has 0 aromatic carbocycles. The standard InChI is InChI=1S/C10H17ClN6O/c11-8-14-9(12)16-10(15-8)13-2-1-3-17-4-6-18-7-5-17/h1-7H2,(H3,12,13,14,15,16). The summed E-state index contributed by atoms with van der Waals surface area (Å²) in [5.74, 6) is 0.556. The molecular formula is C10H17ClN6O. The van der Waals surface area contributed by atoms with E-state index in [1.165, 1.54) is 0 Å². The molecule has 0 radical (unpaired) electrons. The van der Waals surface area contributed by atoms with Gasteiger partial charge in [0.2, 0.25) is 17.2 Å². The fraction of sp³-hybridized carbons (Fsp3) is 0.700. The summed E-state index contributed by atoms with van der Waals surface area (Å²) >= 11 is 5.68. The molecule has 100 valence electrons. The number of rotatable bonds is 5. The van der Waals surface area contributed by atoms with E-state index in [0.29, 0.717) is 5.95 Å². The molecule has 0 amide bonds. The second-order valence-electron chi connectivity index (χ2n) is 4.02. The molecule has 3 N–H and O–H groups in total. The maximum absolute atomic E-state index is 5.68. The molecule has 8 heteroatoms. The van der Waals surface area contributed by atoms with Gasteiger partial charge in [-0.05, 0) is 24.6 Å². The summed E-state index contributed by atoms with van der Waals surface area (Å²) in [4.78, 5) is 14.0. The van der Waals surface area contributed by atoms with Crippen LogP contribution in [0.3, 0.4) is 0 Å². The van der Waals surface area contributed by atoms with Crippen LogP contribution < -0.4 is 11.1 Å². The van der Waals surface area contributed by atoms with E-state index in [4.69, 9.17) is 22.1 Å². The minimum Gasteiger partial charge on any atom is -0.379 e. The van der Waals surface area contributed by atoms with Gasteiger partial charge in [-0.15, -0.1) is 0 Å². The molecule has 2 heterocycles. The first-order valence-corrected chi connectivity index (χ1v) is 6.33. The molecule has 2 rings (SSSR count). The van der Waals surface area contributed by atoms with Gasteiger partial charge < -0.3 is 15.8 Å². The Balaban J connectivity index is 1.68. The number of nitrogen functional groups attached to an aromatic ring is 1. The van der Waals surface area contributed by atoms with Gasteiger partial charge in [-0.25, -0.2) is 0 Å². The summed E-state index contributed by atoms with van der Waals surface area (Å²) in [6.07, 6.45) is 1.00. The highest BCUT2D eigenvalue weighted by atomic mass is 35.5. The summed E-state index contributed by atoms with van der Waals surface area (Å²) in [5, 5.41) is 3.19. The zero-order valence-electron chi connectivity index (χ0n) is 10.1. The zero-order chi connectivity index (χ0) is 12.8. The molecule has 0 bridgehead atoms. The van der Waals surface area contributed by atoms with Crippen LogP contribution in [0.4, 0.5) is 11.9 Å². The monoisotopic (exact) mass is 272 g/mol. The van der Waals surface area contributed by atoms with E-state index in [9.17, 15) is 0 Å². The van der Waals surface area contributed by atoms with Gasteiger partial charge in [-0.2, -0.15) is 15.0 Å². The predicted octanol–water partition coefficient (Wildman–Crippen LogP) is 0.241. The number of anilines is 2. The number of hydrogen-bond acceptors (Lipinski definition) is 7. The van der Waals surface area contributed by atoms with E-state index >= 15 is 0 Å². The van der Waals surface area contributed by atoms with Crippen LogP contribution in [0.5, 0.6) is 0 Å². The number of nitrogens with one attached hydrogen (secondary N) is 1. The average Bonchev–Trinajstić information content (AvgIpc) is 2.35. The van der Waals surface area contributed by atoms with Crippen LogP contribution >= 0.6 is 11.6 Å². The van der Waals surface area contributed by atoms with Gasteiger partial charge in [0.05, 0.1) is 13.2 Å². The van der Waals surface area contributed by atoms with Gasteiger partial charge in [0.25, 0.3) is 0 Å². The Morgan fingerprint density at radius 1 is 1.28 bits per heavy atom. The highest BCUT2D eigenvalue weighted by Gasteiger charge is 2.09. The first-order chi connectivity index (χ1) is 8.74. The minimum absolute atomic E-state index is 0.109. The van der Waals surface area contributed by atoms with Crippen LogP contribution in [0, 0.1) is 0 Å². The van der Waals surface area contributed by atoms with Crippen molar-refractivity contribution in [2.75, 3.05) is 50.4 Å². The number of nitrogens with two attached hydrogens (primary N) is 1. The van der Waals surface area contributed by atoms with Crippen molar-refractivity contribution in [3.05, 3.63) is 5.28 Å². The summed E-state index contributed by atoms with van der Waals surface area (Å²) in [5.41, 5.74) is 5.47. The lowest BCUT2D eigenvalue weighted by Gasteiger charge is -2.26. The van der Waals surface area contributed by atoms with Gasteiger partial charge in [-0.3, -0.25) is 4.90 Å². The maximum atomic E-state index is 5.68. The van der Waals surface area contributed by atoms with Crippen molar-refractivity contribution in [2.45, 2.75) is 6.42 Å². The summed E-state index contributed by atoms with van der Waals surface area (Å²) in [6, 6.07) is 0. The van der Waals surface area contributed by atoms with E-state index in [1.54, 1.807) is 0 Å². The average molecular weight is 273 g/mol. The third kappa shape index (κ3) is 4.25. The Hall–Kier alpha value is -1.18. The molecule has 0 aliphatic carbocycles. The zero-order valence-corrected chi connectivity index (χ0v) is 10.9. The van der Waals surface area contributed by atoms with Gasteiger partial charge in [0.15, 0.2) is 0 Å². The van der Waals surface area contributed by atoms with Gasteiger partial charge in [0, 0.05) is 19.6 Å². The highest BCUT2D eigenvalue weighted by Crippen LogP contribution is 2.06. The molecular weight excluding hydrogens is 256 g/mol. The van der Waals surface area contributed by atoms with Crippen molar-refractivity contribution in [3.63, 3.8) is 0 Å². The van der Waals surface area contributed by atoms with Gasteiger partial charge in [-0.1, -0.05) is 0 Å². The third-order valence-corrected chi connectivity index (χ3v) is 2.83. The maximum Gasteiger partial charge on any atom is 0.228 e. The first kappa shape index (κ1) is 13.3. The Morgan fingerprint density at radius 3 is 2.78 bits per heavy atom. The number of halogens is 1. The van der Waals surface area contributed by atoms with E-state index in [2.05, 4.69) is 25.2 Å². The molecule has 1 saturated heterocycles. The van der Waals surface area contributed by atoms with Crippen molar-refractivity contribution in [1.29, 1.82) is 0 Å². The SMILES string of the molecule is Nc1nc(Cl)nc(NCCCN2CCOCC2)n1. The van der Waals surface area contributed by atoms with E-state index in [-0.39, 0.29) is 11.2 Å². The molecule has 7 nitrogen and oxygen atoms in total. The van der Waals surface area contributed by atoms with Crippen molar-refractivity contribution < 1.29 is 4.74 Å². The molecule has 1 aliphatic rings. The summed E-state index contributed by atoms with van der Waals surface area (Å²) in [6.45, 7) is 5.47. The number of nitrogens with zero attached hydrogens (tertiary/aromatic N) is 4. The van der Waals surface area contributed by atoms with Gasteiger partial charge in [0.1, 0.15) is 0 Å². The fourth-order valence-electron chi connectivity index (χ4n) is 1.77. The quantitative estimate of drug-likeness (QED) is 0.742. The lowest BCUT2D eigenvalue weighted by Crippen LogP contribution is -2.37. The Bertz CT molecular complexity index is 364. The number of morpholine rings is 1. The largest absolute Gasteiger partial charge is 0.379 e. The molecule has 1 aromatic rings. The Kier molecular flexibility index (Phi) is 4.91. The van der Waals surface area contributed by atoms with E-state index in [1.807, 2.05) is 0 Å². The van der Waals surface area contributed by atoms with Crippen LogP contribution in [-0.2, 0) is 4.74 Å². The lowest BCUT2D eigenvalue weighted by atomic mass is 10.3. The number of hydrogen-bond donors (Lipinski definition) is 2. The number of aromatic nitrogens is 3. The molecule has 18 heavy (non-hydrogen) atoms. The summed E-state index contributed by atoms with van der Waals surface area (Å²) < 4.78 is 5.29. The second-order valence-corrected chi connectivity index (χ2v) is 4.36. The molecule has 0 saturated carbocycles. The van der Waals surface area contributed by atoms with E-state index in [0.717, 1.165) is 45.8 Å². The third-order valence-electron chi connectivity index (χ3n) is 2.66. The van der Waals surface area contributed by atoms with Crippen molar-refractivity contribution in [2.24, 2.45) is 0 Å². The van der Waals surface area contributed by atoms with Crippen LogP contribution in [0.2, 0.25) is 5.28 Å². The van der Waals surface area contributed by atoms with Crippen LogP contribution in [0.15, 0.2) is 0 Å². The van der Waals surface area contributed by atoms with Gasteiger partial charge >= 0.3 is 0 Å². The lowest BCUT2D eigenvalue weighted by molar-refractivity contribution is 0.0378. The van der Waals surface area contributed by atoms with Crippen molar-refractivity contribution in [3.8, 4) is 0 Å². The van der Waals surface area contributed by atoms with Crippen LogP contribution in [-0.4, -0.2) is 59.2 Å². The highest BCUT2D eigenvalue weighted by molar-refractivity contribution is 6.28. The second kappa shape index (κ2) is 6.67. The minimum atomic E-state index is 0.109. The molecule has 1 aliphatic heterocycles. The smallest absolute Gasteiger partial charge is 0.228 e. The fourth-order valence-corrected chi connectivity index (χ4v) is 1.94. The molecule has 0 spiro atoms. The van der Waals surface area contributed by atoms with Crippen molar-refractivity contribution >= 4 is 23.5 Å². The van der Waals surface area contributed by atoms with E-state index < -0.39 is 0 Å². The number of ether oxygens (including phenoxy) is 1. The molecule has 0 unspecified atom stereocenters.